The Morgan fingerprint density at radius 1 is 1.30 bits per heavy atom. The molecule has 0 saturated heterocycles. The summed E-state index contributed by atoms with van der Waals surface area (Å²) in [4.78, 5) is 18.0. The van der Waals surface area contributed by atoms with Crippen molar-refractivity contribution in [3.8, 4) is 5.75 Å². The highest BCUT2D eigenvalue weighted by Gasteiger charge is 2.25. The number of aliphatic hydroxyl groups is 1. The van der Waals surface area contributed by atoms with Crippen LogP contribution in [0.5, 0.6) is 5.75 Å². The van der Waals surface area contributed by atoms with Gasteiger partial charge in [0.2, 0.25) is 0 Å². The van der Waals surface area contributed by atoms with Crippen LogP contribution in [-0.2, 0) is 4.57 Å². The van der Waals surface area contributed by atoms with Gasteiger partial charge in [0.15, 0.2) is 0 Å². The van der Waals surface area contributed by atoms with Crippen molar-refractivity contribution in [2.24, 2.45) is 10.7 Å². The minimum absolute atomic E-state index is 0.0443. The molecule has 0 spiro atoms. The van der Waals surface area contributed by atoms with Crippen molar-refractivity contribution in [1.82, 2.24) is 0 Å². The second-order valence-corrected chi connectivity index (χ2v) is 6.84. The normalized spacial score (nSPS) is 21.3. The third kappa shape index (κ3) is 5.06. The number of nitrogens with zero attached hydrogens (tertiary/aromatic N) is 1. The van der Waals surface area contributed by atoms with Crippen molar-refractivity contribution < 1.29 is 24.6 Å². The first-order valence-electron chi connectivity index (χ1n) is 7.28. The van der Waals surface area contributed by atoms with Gasteiger partial charge < -0.3 is 20.0 Å². The topological polar surface area (TPSA) is 110 Å². The van der Waals surface area contributed by atoms with E-state index in [0.29, 0.717) is 12.8 Å². The first kappa shape index (κ1) is 17.5. The van der Waals surface area contributed by atoms with Crippen molar-refractivity contribution in [1.29, 1.82) is 0 Å². The Labute approximate surface area is 134 Å². The van der Waals surface area contributed by atoms with E-state index in [4.69, 9.17) is 9.79 Å². The van der Waals surface area contributed by atoms with Gasteiger partial charge in [-0.1, -0.05) is 25.1 Å². The summed E-state index contributed by atoms with van der Waals surface area (Å²) in [6.07, 6.45) is 5.67. The summed E-state index contributed by atoms with van der Waals surface area (Å²) in [5, 5.41) is 19.5. The van der Waals surface area contributed by atoms with Gasteiger partial charge in [0.25, 0.3) is 0 Å². The zero-order valence-corrected chi connectivity index (χ0v) is 13.6. The van der Waals surface area contributed by atoms with Crippen LogP contribution in [0.4, 0.5) is 0 Å². The van der Waals surface area contributed by atoms with E-state index in [-0.39, 0.29) is 23.1 Å². The highest BCUT2D eigenvalue weighted by molar-refractivity contribution is 7.50. The highest BCUT2D eigenvalue weighted by atomic mass is 31.2. The highest BCUT2D eigenvalue weighted by Crippen LogP contribution is 2.39. The Kier molecular flexibility index (Phi) is 5.42. The summed E-state index contributed by atoms with van der Waals surface area (Å²) in [6, 6.07) is 6.96. The number of rotatable bonds is 5. The molecule has 1 aromatic rings. The van der Waals surface area contributed by atoms with Crippen LogP contribution >= 0.6 is 7.75 Å². The standard InChI is InChI=1S/C16H20NO5P/c1-11(12-4-2-5-13(18)10-12)8-9-14-15(17-23(20,21)22)6-3-7-16(14)19/h2-7,10-11,14,18-19H,8-9H2,1H3,(H2,20,21,22). The van der Waals surface area contributed by atoms with Gasteiger partial charge in [-0.3, -0.25) is 0 Å². The van der Waals surface area contributed by atoms with Crippen LogP contribution in [0.1, 0.15) is 31.2 Å². The van der Waals surface area contributed by atoms with Gasteiger partial charge in [0.1, 0.15) is 11.5 Å². The van der Waals surface area contributed by atoms with E-state index in [9.17, 15) is 14.8 Å². The number of phenolic OH excluding ortho intramolecular Hbond substituents is 1. The number of allylic oxidation sites excluding steroid dienone is 4. The predicted molar refractivity (Wildman–Crippen MR) is 88.6 cm³/mol. The minimum Gasteiger partial charge on any atom is -0.512 e. The predicted octanol–water partition coefficient (Wildman–Crippen LogP) is 3.44. The van der Waals surface area contributed by atoms with Crippen molar-refractivity contribution in [3.05, 3.63) is 53.8 Å². The van der Waals surface area contributed by atoms with Gasteiger partial charge in [0, 0.05) is 0 Å². The maximum Gasteiger partial charge on any atom is 0.448 e. The molecule has 0 aromatic heterocycles. The van der Waals surface area contributed by atoms with Crippen LogP contribution in [0.2, 0.25) is 0 Å². The van der Waals surface area contributed by atoms with Crippen LogP contribution in [0.15, 0.2) is 53.0 Å². The van der Waals surface area contributed by atoms with Gasteiger partial charge in [-0.2, -0.15) is 4.76 Å². The first-order chi connectivity index (χ1) is 10.8. The van der Waals surface area contributed by atoms with E-state index in [1.165, 1.54) is 18.2 Å². The van der Waals surface area contributed by atoms with Gasteiger partial charge in [-0.05, 0) is 48.6 Å². The van der Waals surface area contributed by atoms with E-state index in [1.807, 2.05) is 13.0 Å². The van der Waals surface area contributed by atoms with E-state index >= 15 is 0 Å². The third-order valence-electron chi connectivity index (χ3n) is 3.82. The quantitative estimate of drug-likeness (QED) is 0.615. The zero-order chi connectivity index (χ0) is 17.0. The van der Waals surface area contributed by atoms with Crippen molar-refractivity contribution in [2.75, 3.05) is 0 Å². The third-order valence-corrected chi connectivity index (χ3v) is 4.31. The number of aromatic hydroxyl groups is 1. The zero-order valence-electron chi connectivity index (χ0n) is 12.7. The molecule has 2 unspecified atom stereocenters. The molecule has 2 atom stereocenters. The summed E-state index contributed by atoms with van der Waals surface area (Å²) in [7, 11) is -4.54. The molecule has 0 bridgehead atoms. The fraction of sp³-hybridized carbons (Fsp3) is 0.312. The molecule has 0 fully saturated rings. The summed E-state index contributed by atoms with van der Waals surface area (Å²) in [5.41, 5.74) is 1.15. The molecule has 0 aliphatic heterocycles. The summed E-state index contributed by atoms with van der Waals surface area (Å²) >= 11 is 0. The summed E-state index contributed by atoms with van der Waals surface area (Å²) < 4.78 is 14.5. The molecular weight excluding hydrogens is 317 g/mol. The summed E-state index contributed by atoms with van der Waals surface area (Å²) in [6.45, 7) is 1.99. The Morgan fingerprint density at radius 3 is 2.70 bits per heavy atom. The first-order valence-corrected chi connectivity index (χ1v) is 8.84. The van der Waals surface area contributed by atoms with Gasteiger partial charge in [-0.25, -0.2) is 4.57 Å². The number of phenols is 1. The molecule has 124 valence electrons. The maximum atomic E-state index is 11.1. The van der Waals surface area contributed by atoms with Crippen molar-refractivity contribution >= 4 is 13.5 Å². The lowest BCUT2D eigenvalue weighted by molar-refractivity contribution is 0.349. The largest absolute Gasteiger partial charge is 0.512 e. The number of benzene rings is 1. The van der Waals surface area contributed by atoms with Gasteiger partial charge >= 0.3 is 7.75 Å². The molecule has 6 nitrogen and oxygen atoms in total. The van der Waals surface area contributed by atoms with Crippen LogP contribution in [0.3, 0.4) is 0 Å². The van der Waals surface area contributed by atoms with Gasteiger partial charge in [-0.15, -0.1) is 0 Å². The second kappa shape index (κ2) is 7.13. The smallest absolute Gasteiger partial charge is 0.448 e. The average Bonchev–Trinajstić information content (AvgIpc) is 2.44. The molecule has 0 radical (unpaired) electrons. The fourth-order valence-corrected chi connectivity index (χ4v) is 3.10. The van der Waals surface area contributed by atoms with E-state index in [1.54, 1.807) is 18.2 Å². The molecule has 23 heavy (non-hydrogen) atoms. The van der Waals surface area contributed by atoms with Crippen molar-refractivity contribution in [2.45, 2.75) is 25.7 Å². The lowest BCUT2D eigenvalue weighted by atomic mass is 9.86. The van der Waals surface area contributed by atoms with E-state index < -0.39 is 13.7 Å². The number of hydrogen-bond donors (Lipinski definition) is 4. The Balaban J connectivity index is 2.10. The van der Waals surface area contributed by atoms with E-state index in [0.717, 1.165) is 5.56 Å². The molecular formula is C16H20NO5P. The monoisotopic (exact) mass is 337 g/mol. The van der Waals surface area contributed by atoms with Gasteiger partial charge in [0.05, 0.1) is 11.6 Å². The molecule has 1 aliphatic rings. The SMILES string of the molecule is CC(CCC1C(O)=CC=CC1=NP(=O)(O)O)c1cccc(O)c1. The minimum atomic E-state index is -4.54. The lowest BCUT2D eigenvalue weighted by Crippen LogP contribution is -2.18. The maximum absolute atomic E-state index is 11.1. The van der Waals surface area contributed by atoms with Crippen LogP contribution in [0, 0.1) is 5.92 Å². The molecule has 0 saturated carbocycles. The molecule has 0 heterocycles. The van der Waals surface area contributed by atoms with Crippen LogP contribution < -0.4 is 0 Å². The number of aliphatic hydroxyl groups excluding tert-OH is 1. The molecule has 1 aliphatic carbocycles. The lowest BCUT2D eigenvalue weighted by Gasteiger charge is -2.21. The second-order valence-electron chi connectivity index (χ2n) is 5.61. The average molecular weight is 337 g/mol. The van der Waals surface area contributed by atoms with E-state index in [2.05, 4.69) is 4.76 Å². The van der Waals surface area contributed by atoms with Crippen LogP contribution in [-0.4, -0.2) is 25.7 Å². The van der Waals surface area contributed by atoms with Crippen molar-refractivity contribution in [3.63, 3.8) is 0 Å². The Bertz CT molecular complexity index is 704. The molecule has 2 rings (SSSR count). The fourth-order valence-electron chi connectivity index (χ4n) is 2.59. The molecule has 7 heteroatoms. The molecule has 4 N–H and O–H groups in total. The Morgan fingerprint density at radius 2 is 2.04 bits per heavy atom. The molecule has 1 aromatic carbocycles. The number of hydrogen-bond acceptors (Lipinski definition) is 3. The summed E-state index contributed by atoms with van der Waals surface area (Å²) in [5.74, 6) is -0.172. The Hall–Kier alpha value is -1.88. The van der Waals surface area contributed by atoms with Crippen LogP contribution in [0.25, 0.3) is 0 Å². The molecule has 0 amide bonds.